The van der Waals surface area contributed by atoms with E-state index in [0.717, 1.165) is 32.1 Å². The third-order valence-corrected chi connectivity index (χ3v) is 4.47. The van der Waals surface area contributed by atoms with E-state index in [9.17, 15) is 0 Å². The smallest absolute Gasteiger partial charge is 0.147 e. The molecule has 19 heavy (non-hydrogen) atoms. The van der Waals surface area contributed by atoms with Gasteiger partial charge in [-0.15, -0.1) is 0 Å². The summed E-state index contributed by atoms with van der Waals surface area (Å²) in [7, 11) is 0. The van der Waals surface area contributed by atoms with E-state index >= 15 is 0 Å². The minimum absolute atomic E-state index is 0.363. The summed E-state index contributed by atoms with van der Waals surface area (Å²) in [6.45, 7) is 8.28. The second kappa shape index (κ2) is 8.65. The quantitative estimate of drug-likeness (QED) is 0.593. The highest BCUT2D eigenvalue weighted by Crippen LogP contribution is 2.36. The summed E-state index contributed by atoms with van der Waals surface area (Å²) < 4.78 is 8.88. The van der Waals surface area contributed by atoms with Crippen LogP contribution in [0.5, 0.6) is 5.75 Å². The van der Waals surface area contributed by atoms with Gasteiger partial charge in [0.25, 0.3) is 0 Å². The molecule has 0 radical (unpaired) electrons. The van der Waals surface area contributed by atoms with Crippen LogP contribution in [0.4, 0.5) is 0 Å². The van der Waals surface area contributed by atoms with E-state index in [0.29, 0.717) is 18.6 Å². The molecule has 0 heterocycles. The highest BCUT2D eigenvalue weighted by atomic mass is 79.9. The van der Waals surface area contributed by atoms with Gasteiger partial charge < -0.3 is 10.1 Å². The van der Waals surface area contributed by atoms with E-state index < -0.39 is 0 Å². The van der Waals surface area contributed by atoms with Gasteiger partial charge in [0.2, 0.25) is 0 Å². The molecule has 5 heteroatoms. The molecule has 1 atom stereocenters. The molecule has 0 fully saturated rings. The number of hydrogen-bond acceptors (Lipinski definition) is 2. The number of benzene rings is 1. The van der Waals surface area contributed by atoms with Gasteiger partial charge in [-0.3, -0.25) is 0 Å². The van der Waals surface area contributed by atoms with Gasteiger partial charge in [0.05, 0.1) is 8.95 Å². The molecule has 1 aromatic rings. The SMILES string of the molecule is CCCNC(COc1c(Br)cc(Br)cc1Br)C(C)C. The van der Waals surface area contributed by atoms with Crippen LogP contribution in [-0.4, -0.2) is 19.2 Å². The molecular weight excluding hydrogens is 438 g/mol. The van der Waals surface area contributed by atoms with Gasteiger partial charge in [0.1, 0.15) is 12.4 Å². The van der Waals surface area contributed by atoms with Crippen LogP contribution in [0, 0.1) is 5.92 Å². The van der Waals surface area contributed by atoms with Crippen molar-refractivity contribution < 1.29 is 4.74 Å². The second-order valence-corrected chi connectivity index (χ2v) is 7.44. The first-order valence-corrected chi connectivity index (χ1v) is 8.84. The lowest BCUT2D eigenvalue weighted by Crippen LogP contribution is -2.39. The van der Waals surface area contributed by atoms with Crippen molar-refractivity contribution in [1.82, 2.24) is 5.32 Å². The molecule has 0 aliphatic heterocycles. The first kappa shape index (κ1) is 17.5. The van der Waals surface area contributed by atoms with Crippen LogP contribution < -0.4 is 10.1 Å². The summed E-state index contributed by atoms with van der Waals surface area (Å²) in [5.41, 5.74) is 0. The number of nitrogens with one attached hydrogen (secondary N) is 1. The fraction of sp³-hybridized carbons (Fsp3) is 0.571. The molecule has 1 unspecified atom stereocenters. The van der Waals surface area contributed by atoms with Crippen molar-refractivity contribution in [2.45, 2.75) is 33.2 Å². The van der Waals surface area contributed by atoms with Crippen molar-refractivity contribution in [3.63, 3.8) is 0 Å². The standard InChI is InChI=1S/C14H20Br3NO/c1-4-5-18-13(9(2)3)8-19-14-11(16)6-10(15)7-12(14)17/h6-7,9,13,18H,4-5,8H2,1-3H3. The van der Waals surface area contributed by atoms with E-state index in [1.807, 2.05) is 12.1 Å². The van der Waals surface area contributed by atoms with Crippen LogP contribution in [0.2, 0.25) is 0 Å². The molecule has 1 aromatic carbocycles. The fourth-order valence-electron chi connectivity index (χ4n) is 1.66. The highest BCUT2D eigenvalue weighted by molar-refractivity contribution is 9.11. The highest BCUT2D eigenvalue weighted by Gasteiger charge is 2.15. The zero-order valence-electron chi connectivity index (χ0n) is 11.5. The van der Waals surface area contributed by atoms with Crippen molar-refractivity contribution >= 4 is 47.8 Å². The van der Waals surface area contributed by atoms with Gasteiger partial charge in [-0.1, -0.05) is 36.7 Å². The summed E-state index contributed by atoms with van der Waals surface area (Å²) in [6, 6.07) is 4.34. The molecule has 0 saturated carbocycles. The molecule has 108 valence electrons. The Hall–Kier alpha value is 0.420. The van der Waals surface area contributed by atoms with E-state index in [1.165, 1.54) is 0 Å². The Labute approximate surface area is 141 Å². The number of rotatable bonds is 7. The molecule has 0 spiro atoms. The first-order chi connectivity index (χ1) is 8.95. The molecule has 2 nitrogen and oxygen atoms in total. The van der Waals surface area contributed by atoms with Gasteiger partial charge >= 0.3 is 0 Å². The van der Waals surface area contributed by atoms with Crippen LogP contribution in [0.15, 0.2) is 25.6 Å². The van der Waals surface area contributed by atoms with Crippen molar-refractivity contribution in [1.29, 1.82) is 0 Å². The summed E-state index contributed by atoms with van der Waals surface area (Å²) >= 11 is 10.5. The molecule has 1 N–H and O–H groups in total. The second-order valence-electron chi connectivity index (χ2n) is 4.81. The Morgan fingerprint density at radius 2 is 1.74 bits per heavy atom. The van der Waals surface area contributed by atoms with Gasteiger partial charge in [-0.2, -0.15) is 0 Å². The Morgan fingerprint density at radius 1 is 1.16 bits per heavy atom. The molecule has 0 bridgehead atoms. The van der Waals surface area contributed by atoms with Gasteiger partial charge in [0.15, 0.2) is 0 Å². The molecule has 0 aliphatic rings. The van der Waals surface area contributed by atoms with Gasteiger partial charge in [-0.25, -0.2) is 0 Å². The average Bonchev–Trinajstić information content (AvgIpc) is 2.31. The molecule has 0 aliphatic carbocycles. The molecule has 0 saturated heterocycles. The van der Waals surface area contributed by atoms with Gasteiger partial charge in [-0.05, 0) is 62.9 Å². The Balaban J connectivity index is 2.69. The Kier molecular flexibility index (Phi) is 7.95. The molecule has 1 rings (SSSR count). The summed E-state index contributed by atoms with van der Waals surface area (Å²) in [5.74, 6) is 1.40. The van der Waals surface area contributed by atoms with Crippen molar-refractivity contribution in [3.8, 4) is 5.75 Å². The minimum Gasteiger partial charge on any atom is -0.490 e. The van der Waals surface area contributed by atoms with Crippen LogP contribution in [0.1, 0.15) is 27.2 Å². The van der Waals surface area contributed by atoms with E-state index in [-0.39, 0.29) is 0 Å². The third-order valence-electron chi connectivity index (χ3n) is 2.83. The van der Waals surface area contributed by atoms with E-state index in [1.54, 1.807) is 0 Å². The normalized spacial score (nSPS) is 12.8. The van der Waals surface area contributed by atoms with Crippen LogP contribution >= 0.6 is 47.8 Å². The van der Waals surface area contributed by atoms with Crippen molar-refractivity contribution in [2.75, 3.05) is 13.2 Å². The topological polar surface area (TPSA) is 21.3 Å². The molecule has 0 aromatic heterocycles. The number of halogens is 3. The average molecular weight is 458 g/mol. The van der Waals surface area contributed by atoms with E-state index in [4.69, 9.17) is 4.74 Å². The van der Waals surface area contributed by atoms with Crippen molar-refractivity contribution in [3.05, 3.63) is 25.6 Å². The summed E-state index contributed by atoms with van der Waals surface area (Å²) in [4.78, 5) is 0. The van der Waals surface area contributed by atoms with Crippen LogP contribution in [0.25, 0.3) is 0 Å². The predicted molar refractivity (Wildman–Crippen MR) is 92.0 cm³/mol. The monoisotopic (exact) mass is 455 g/mol. The first-order valence-electron chi connectivity index (χ1n) is 6.46. The molecular formula is C14H20Br3NO. The maximum atomic E-state index is 5.97. The summed E-state index contributed by atoms with van der Waals surface area (Å²) in [6.07, 6.45) is 1.13. The maximum Gasteiger partial charge on any atom is 0.147 e. The molecule has 0 amide bonds. The lowest BCUT2D eigenvalue weighted by Gasteiger charge is -2.23. The predicted octanol–water partition coefficient (Wildman–Crippen LogP) is 5.38. The van der Waals surface area contributed by atoms with Crippen LogP contribution in [-0.2, 0) is 0 Å². The van der Waals surface area contributed by atoms with Crippen molar-refractivity contribution in [2.24, 2.45) is 5.92 Å². The Bertz CT molecular complexity index is 387. The van der Waals surface area contributed by atoms with Gasteiger partial charge in [0, 0.05) is 10.5 Å². The third kappa shape index (κ3) is 5.74. The lowest BCUT2D eigenvalue weighted by molar-refractivity contribution is 0.228. The number of hydrogen-bond donors (Lipinski definition) is 1. The zero-order valence-corrected chi connectivity index (χ0v) is 16.2. The minimum atomic E-state index is 0.363. The van der Waals surface area contributed by atoms with E-state index in [2.05, 4.69) is 73.9 Å². The largest absolute Gasteiger partial charge is 0.490 e. The van der Waals surface area contributed by atoms with Crippen LogP contribution in [0.3, 0.4) is 0 Å². The maximum absolute atomic E-state index is 5.97. The number of ether oxygens (including phenoxy) is 1. The zero-order chi connectivity index (χ0) is 14.4. The lowest BCUT2D eigenvalue weighted by atomic mass is 10.1. The summed E-state index contributed by atoms with van der Waals surface area (Å²) in [5, 5.41) is 3.52. The fourth-order valence-corrected chi connectivity index (χ4v) is 4.14. The Morgan fingerprint density at radius 3 is 2.21 bits per heavy atom.